The Morgan fingerprint density at radius 2 is 1.85 bits per heavy atom. The second-order valence-electron chi connectivity index (χ2n) is 6.26. The number of phenols is 1. The van der Waals surface area contributed by atoms with Crippen LogP contribution in [-0.2, 0) is 0 Å². The molecular formula is C17H28N2O. The fraction of sp³-hybridized carbons (Fsp3) is 0.647. The molecule has 0 amide bonds. The van der Waals surface area contributed by atoms with Gasteiger partial charge in [0.1, 0.15) is 5.75 Å². The SMILES string of the molecule is CCCNCC1(CN(C)c2ccc(O)cc2)CCCC1. The molecule has 0 unspecified atom stereocenters. The summed E-state index contributed by atoms with van der Waals surface area (Å²) in [5.74, 6) is 0.336. The van der Waals surface area contributed by atoms with Crippen molar-refractivity contribution in [3.8, 4) is 5.75 Å². The van der Waals surface area contributed by atoms with Crippen molar-refractivity contribution in [2.75, 3.05) is 31.6 Å². The lowest BCUT2D eigenvalue weighted by Gasteiger charge is -2.35. The van der Waals surface area contributed by atoms with Gasteiger partial charge in [0.15, 0.2) is 0 Å². The topological polar surface area (TPSA) is 35.5 Å². The standard InChI is InChI=1S/C17H28N2O/c1-3-12-18-13-17(10-4-5-11-17)14-19(2)15-6-8-16(20)9-7-15/h6-9,18,20H,3-5,10-14H2,1-2H3. The van der Waals surface area contributed by atoms with Gasteiger partial charge >= 0.3 is 0 Å². The Balaban J connectivity index is 1.98. The van der Waals surface area contributed by atoms with Gasteiger partial charge in [-0.3, -0.25) is 0 Å². The van der Waals surface area contributed by atoms with Gasteiger partial charge in [0, 0.05) is 31.2 Å². The van der Waals surface area contributed by atoms with Crippen LogP contribution in [0.5, 0.6) is 5.75 Å². The van der Waals surface area contributed by atoms with E-state index in [1.54, 1.807) is 12.1 Å². The number of hydrogen-bond donors (Lipinski definition) is 2. The predicted octanol–water partition coefficient (Wildman–Crippen LogP) is 3.39. The molecule has 0 aliphatic heterocycles. The van der Waals surface area contributed by atoms with E-state index in [1.165, 1.54) is 37.8 Å². The van der Waals surface area contributed by atoms with Gasteiger partial charge in [-0.15, -0.1) is 0 Å². The number of phenolic OH excluding ortho intramolecular Hbond substituents is 1. The Labute approximate surface area is 123 Å². The van der Waals surface area contributed by atoms with Crippen molar-refractivity contribution in [2.24, 2.45) is 5.41 Å². The van der Waals surface area contributed by atoms with Crippen molar-refractivity contribution >= 4 is 5.69 Å². The molecule has 1 aromatic rings. The minimum absolute atomic E-state index is 0.336. The number of nitrogens with one attached hydrogen (secondary N) is 1. The number of hydrogen-bond acceptors (Lipinski definition) is 3. The van der Waals surface area contributed by atoms with Crippen LogP contribution in [0.4, 0.5) is 5.69 Å². The third-order valence-electron chi connectivity index (χ3n) is 4.45. The smallest absolute Gasteiger partial charge is 0.115 e. The highest BCUT2D eigenvalue weighted by atomic mass is 16.3. The summed E-state index contributed by atoms with van der Waals surface area (Å²) in [5.41, 5.74) is 1.60. The first kappa shape index (κ1) is 15.2. The quantitative estimate of drug-likeness (QED) is 0.749. The van der Waals surface area contributed by atoms with Crippen LogP contribution in [0, 0.1) is 5.41 Å². The van der Waals surface area contributed by atoms with Crippen LogP contribution in [0.25, 0.3) is 0 Å². The van der Waals surface area contributed by atoms with Crippen LogP contribution in [0.15, 0.2) is 24.3 Å². The van der Waals surface area contributed by atoms with Crippen molar-refractivity contribution in [2.45, 2.75) is 39.0 Å². The maximum absolute atomic E-state index is 9.39. The molecule has 2 rings (SSSR count). The summed E-state index contributed by atoms with van der Waals surface area (Å²) in [6, 6.07) is 7.53. The van der Waals surface area contributed by atoms with Gasteiger partial charge in [0.05, 0.1) is 0 Å². The van der Waals surface area contributed by atoms with Crippen molar-refractivity contribution < 1.29 is 5.11 Å². The number of aromatic hydroxyl groups is 1. The Morgan fingerprint density at radius 3 is 2.45 bits per heavy atom. The van der Waals surface area contributed by atoms with Crippen molar-refractivity contribution in [3.63, 3.8) is 0 Å². The monoisotopic (exact) mass is 276 g/mol. The summed E-state index contributed by atoms with van der Waals surface area (Å²) in [6.45, 7) is 5.55. The Bertz CT molecular complexity index is 396. The molecule has 1 aliphatic rings. The molecule has 2 N–H and O–H groups in total. The molecule has 0 saturated heterocycles. The molecule has 0 spiro atoms. The van der Waals surface area contributed by atoms with Crippen LogP contribution >= 0.6 is 0 Å². The summed E-state index contributed by atoms with van der Waals surface area (Å²) < 4.78 is 0. The normalized spacial score (nSPS) is 17.3. The summed E-state index contributed by atoms with van der Waals surface area (Å²) >= 11 is 0. The van der Waals surface area contributed by atoms with Crippen LogP contribution < -0.4 is 10.2 Å². The van der Waals surface area contributed by atoms with Crippen LogP contribution in [0.3, 0.4) is 0 Å². The molecule has 0 heterocycles. The third kappa shape index (κ3) is 3.89. The average molecular weight is 276 g/mol. The van der Waals surface area contributed by atoms with E-state index < -0.39 is 0 Å². The molecule has 20 heavy (non-hydrogen) atoms. The average Bonchev–Trinajstić information content (AvgIpc) is 2.88. The summed E-state index contributed by atoms with van der Waals surface area (Å²) in [6.07, 6.45) is 6.57. The molecular weight excluding hydrogens is 248 g/mol. The Kier molecular flexibility index (Phi) is 5.30. The lowest BCUT2D eigenvalue weighted by Crippen LogP contribution is -2.41. The van der Waals surface area contributed by atoms with Gasteiger partial charge in [0.25, 0.3) is 0 Å². The highest BCUT2D eigenvalue weighted by molar-refractivity contribution is 5.48. The van der Waals surface area contributed by atoms with Gasteiger partial charge in [0.2, 0.25) is 0 Å². The predicted molar refractivity (Wildman–Crippen MR) is 85.4 cm³/mol. The second-order valence-corrected chi connectivity index (χ2v) is 6.26. The lowest BCUT2D eigenvalue weighted by atomic mass is 9.85. The number of anilines is 1. The Hall–Kier alpha value is -1.22. The fourth-order valence-electron chi connectivity index (χ4n) is 3.35. The minimum atomic E-state index is 0.336. The molecule has 3 heteroatoms. The molecule has 0 atom stereocenters. The zero-order valence-electron chi connectivity index (χ0n) is 12.9. The molecule has 1 fully saturated rings. The van der Waals surface area contributed by atoms with E-state index in [1.807, 2.05) is 12.1 Å². The largest absolute Gasteiger partial charge is 0.508 e. The molecule has 1 saturated carbocycles. The van der Waals surface area contributed by atoms with E-state index in [-0.39, 0.29) is 0 Å². The van der Waals surface area contributed by atoms with Crippen molar-refractivity contribution in [1.29, 1.82) is 0 Å². The molecule has 0 radical (unpaired) electrons. The van der Waals surface area contributed by atoms with Crippen LogP contribution in [-0.4, -0.2) is 31.8 Å². The van der Waals surface area contributed by atoms with Crippen molar-refractivity contribution in [1.82, 2.24) is 5.32 Å². The molecule has 0 bridgehead atoms. The lowest BCUT2D eigenvalue weighted by molar-refractivity contribution is 0.287. The Morgan fingerprint density at radius 1 is 1.20 bits per heavy atom. The highest BCUT2D eigenvalue weighted by Crippen LogP contribution is 2.39. The van der Waals surface area contributed by atoms with E-state index in [4.69, 9.17) is 0 Å². The van der Waals surface area contributed by atoms with Crippen LogP contribution in [0.2, 0.25) is 0 Å². The minimum Gasteiger partial charge on any atom is -0.508 e. The van der Waals surface area contributed by atoms with Crippen LogP contribution in [0.1, 0.15) is 39.0 Å². The van der Waals surface area contributed by atoms with Gasteiger partial charge in [-0.2, -0.15) is 0 Å². The fourth-order valence-corrected chi connectivity index (χ4v) is 3.35. The van der Waals surface area contributed by atoms with E-state index in [0.717, 1.165) is 19.6 Å². The van der Waals surface area contributed by atoms with E-state index in [9.17, 15) is 5.11 Å². The summed E-state index contributed by atoms with van der Waals surface area (Å²) in [5, 5.41) is 13.0. The second kappa shape index (κ2) is 6.98. The van der Waals surface area contributed by atoms with E-state index in [0.29, 0.717) is 11.2 Å². The molecule has 0 aromatic heterocycles. The first-order chi connectivity index (χ1) is 9.65. The molecule has 1 aliphatic carbocycles. The van der Waals surface area contributed by atoms with Gasteiger partial charge in [-0.1, -0.05) is 19.8 Å². The third-order valence-corrected chi connectivity index (χ3v) is 4.45. The molecule has 1 aromatic carbocycles. The van der Waals surface area contributed by atoms with Gasteiger partial charge in [-0.25, -0.2) is 0 Å². The van der Waals surface area contributed by atoms with E-state index in [2.05, 4.69) is 24.2 Å². The maximum atomic E-state index is 9.39. The molecule has 112 valence electrons. The number of benzene rings is 1. The summed E-state index contributed by atoms with van der Waals surface area (Å²) in [7, 11) is 2.16. The van der Waals surface area contributed by atoms with Gasteiger partial charge in [-0.05, 0) is 50.1 Å². The maximum Gasteiger partial charge on any atom is 0.115 e. The first-order valence-electron chi connectivity index (χ1n) is 7.86. The first-order valence-corrected chi connectivity index (χ1v) is 7.86. The van der Waals surface area contributed by atoms with Crippen molar-refractivity contribution in [3.05, 3.63) is 24.3 Å². The highest BCUT2D eigenvalue weighted by Gasteiger charge is 2.34. The molecule has 3 nitrogen and oxygen atoms in total. The number of rotatable bonds is 7. The van der Waals surface area contributed by atoms with E-state index >= 15 is 0 Å². The number of nitrogens with zero attached hydrogens (tertiary/aromatic N) is 1. The zero-order chi connectivity index (χ0) is 14.4. The summed E-state index contributed by atoms with van der Waals surface area (Å²) in [4.78, 5) is 2.33. The zero-order valence-corrected chi connectivity index (χ0v) is 12.9. The van der Waals surface area contributed by atoms with Gasteiger partial charge < -0.3 is 15.3 Å².